The van der Waals surface area contributed by atoms with Crippen LogP contribution in [-0.4, -0.2) is 26.8 Å². The van der Waals surface area contributed by atoms with Gasteiger partial charge in [-0.05, 0) is 24.9 Å². The largest absolute Gasteiger partial charge is 0.384 e. The molecule has 0 saturated carbocycles. The molecule has 0 radical (unpaired) electrons. The first-order valence-corrected chi connectivity index (χ1v) is 6.54. The molecule has 0 spiro atoms. The molecule has 1 aromatic rings. The van der Waals surface area contributed by atoms with Gasteiger partial charge in [0.25, 0.3) is 0 Å². The number of hydrogen-bond donors (Lipinski definition) is 1. The van der Waals surface area contributed by atoms with E-state index >= 15 is 0 Å². The van der Waals surface area contributed by atoms with E-state index in [4.69, 9.17) is 4.74 Å². The van der Waals surface area contributed by atoms with Crippen LogP contribution in [0.15, 0.2) is 30.3 Å². The van der Waals surface area contributed by atoms with Gasteiger partial charge in [-0.25, -0.2) is 0 Å². The predicted octanol–water partition coefficient (Wildman–Crippen LogP) is 2.98. The van der Waals surface area contributed by atoms with E-state index in [0.717, 1.165) is 26.1 Å². The molecule has 0 aromatic heterocycles. The van der Waals surface area contributed by atoms with E-state index in [1.165, 1.54) is 12.0 Å². The van der Waals surface area contributed by atoms with E-state index in [-0.39, 0.29) is 5.41 Å². The molecule has 0 saturated heterocycles. The van der Waals surface area contributed by atoms with Crippen molar-refractivity contribution in [3.8, 4) is 0 Å². The monoisotopic (exact) mass is 235 g/mol. The lowest BCUT2D eigenvalue weighted by Crippen LogP contribution is -2.41. The van der Waals surface area contributed by atoms with Crippen molar-refractivity contribution in [2.45, 2.75) is 32.1 Å². The van der Waals surface area contributed by atoms with Crippen LogP contribution in [-0.2, 0) is 10.2 Å². The van der Waals surface area contributed by atoms with E-state index in [2.05, 4.69) is 49.5 Å². The molecule has 0 aliphatic heterocycles. The summed E-state index contributed by atoms with van der Waals surface area (Å²) in [5, 5.41) is 3.53. The molecule has 1 rings (SSSR count). The van der Waals surface area contributed by atoms with Crippen molar-refractivity contribution in [1.82, 2.24) is 5.32 Å². The van der Waals surface area contributed by atoms with E-state index < -0.39 is 0 Å². The average Bonchev–Trinajstić information content (AvgIpc) is 2.39. The molecular formula is C15H25NO. The Morgan fingerprint density at radius 1 is 1.18 bits per heavy atom. The predicted molar refractivity (Wildman–Crippen MR) is 73.4 cm³/mol. The van der Waals surface area contributed by atoms with Gasteiger partial charge in [0.1, 0.15) is 0 Å². The van der Waals surface area contributed by atoms with Crippen molar-refractivity contribution in [3.63, 3.8) is 0 Å². The van der Waals surface area contributed by atoms with Crippen molar-refractivity contribution < 1.29 is 4.74 Å². The Labute approximate surface area is 105 Å². The van der Waals surface area contributed by atoms with E-state index in [0.29, 0.717) is 0 Å². The first kappa shape index (κ1) is 14.2. The third kappa shape index (κ3) is 3.83. The Morgan fingerprint density at radius 3 is 2.41 bits per heavy atom. The highest BCUT2D eigenvalue weighted by atomic mass is 16.5. The molecule has 0 amide bonds. The van der Waals surface area contributed by atoms with Gasteiger partial charge >= 0.3 is 0 Å². The average molecular weight is 235 g/mol. The van der Waals surface area contributed by atoms with Gasteiger partial charge in [-0.15, -0.1) is 0 Å². The maximum absolute atomic E-state index is 5.44. The summed E-state index contributed by atoms with van der Waals surface area (Å²) >= 11 is 0. The van der Waals surface area contributed by atoms with Crippen molar-refractivity contribution in [1.29, 1.82) is 0 Å². The summed E-state index contributed by atoms with van der Waals surface area (Å²) in [6.45, 7) is 7.25. The Hall–Kier alpha value is -0.860. The summed E-state index contributed by atoms with van der Waals surface area (Å²) in [4.78, 5) is 0. The van der Waals surface area contributed by atoms with Crippen molar-refractivity contribution in [2.75, 3.05) is 26.8 Å². The molecule has 2 nitrogen and oxygen atoms in total. The minimum Gasteiger partial charge on any atom is -0.384 e. The molecule has 0 fully saturated rings. The minimum atomic E-state index is 0.102. The fourth-order valence-electron chi connectivity index (χ4n) is 2.24. The lowest BCUT2D eigenvalue weighted by atomic mass is 9.78. The number of ether oxygens (including phenoxy) is 1. The molecular weight excluding hydrogens is 210 g/mol. The van der Waals surface area contributed by atoms with Gasteiger partial charge < -0.3 is 10.1 Å². The molecule has 2 heteroatoms. The topological polar surface area (TPSA) is 21.3 Å². The maximum Gasteiger partial charge on any atom is 0.0571 e. The molecule has 0 aliphatic rings. The van der Waals surface area contributed by atoms with Crippen LogP contribution in [0.2, 0.25) is 0 Å². The van der Waals surface area contributed by atoms with Crippen LogP contribution < -0.4 is 5.32 Å². The number of nitrogens with one attached hydrogen (secondary N) is 1. The molecule has 1 aromatic carbocycles. The van der Waals surface area contributed by atoms with Crippen LogP contribution in [0.5, 0.6) is 0 Å². The fraction of sp³-hybridized carbons (Fsp3) is 0.600. The fourth-order valence-corrected chi connectivity index (χ4v) is 2.24. The van der Waals surface area contributed by atoms with Crippen molar-refractivity contribution in [2.24, 2.45) is 0 Å². The van der Waals surface area contributed by atoms with Crippen LogP contribution in [0.3, 0.4) is 0 Å². The van der Waals surface area contributed by atoms with Crippen LogP contribution in [0.25, 0.3) is 0 Å². The highest BCUT2D eigenvalue weighted by molar-refractivity contribution is 5.26. The first-order chi connectivity index (χ1) is 8.29. The lowest BCUT2D eigenvalue weighted by molar-refractivity contribution is 0.124. The molecule has 0 bridgehead atoms. The van der Waals surface area contributed by atoms with E-state index in [9.17, 15) is 0 Å². The molecule has 0 heterocycles. The molecule has 0 aliphatic carbocycles. The maximum atomic E-state index is 5.44. The SMILES string of the molecule is CCCNCC(CC)(COC)c1ccccc1. The molecule has 1 N–H and O–H groups in total. The Morgan fingerprint density at radius 2 is 1.88 bits per heavy atom. The normalized spacial score (nSPS) is 14.5. The number of hydrogen-bond acceptors (Lipinski definition) is 2. The highest BCUT2D eigenvalue weighted by Gasteiger charge is 2.29. The Bertz CT molecular complexity index is 299. The summed E-state index contributed by atoms with van der Waals surface area (Å²) < 4.78 is 5.44. The zero-order chi connectivity index (χ0) is 12.6. The van der Waals surface area contributed by atoms with E-state index in [1.54, 1.807) is 7.11 Å². The van der Waals surface area contributed by atoms with Crippen molar-refractivity contribution in [3.05, 3.63) is 35.9 Å². The summed E-state index contributed by atoms with van der Waals surface area (Å²) in [5.41, 5.74) is 1.47. The molecule has 1 atom stereocenters. The Kier molecular flexibility index (Phi) is 6.23. The van der Waals surface area contributed by atoms with Gasteiger partial charge in [0, 0.05) is 19.1 Å². The van der Waals surface area contributed by atoms with Gasteiger partial charge in [-0.1, -0.05) is 44.2 Å². The second-order valence-electron chi connectivity index (χ2n) is 4.61. The second-order valence-corrected chi connectivity index (χ2v) is 4.61. The first-order valence-electron chi connectivity index (χ1n) is 6.54. The summed E-state index contributed by atoms with van der Waals surface area (Å²) in [5.74, 6) is 0. The molecule has 17 heavy (non-hydrogen) atoms. The van der Waals surface area contributed by atoms with Gasteiger partial charge in [-0.3, -0.25) is 0 Å². The Balaban J connectivity index is 2.83. The standard InChI is InChI=1S/C15H25NO/c1-4-11-16-12-15(5-2,13-17-3)14-9-7-6-8-10-14/h6-10,16H,4-5,11-13H2,1-3H3. The molecule has 96 valence electrons. The smallest absolute Gasteiger partial charge is 0.0571 e. The van der Waals surface area contributed by atoms with Gasteiger partial charge in [-0.2, -0.15) is 0 Å². The summed E-state index contributed by atoms with van der Waals surface area (Å²) in [7, 11) is 1.78. The zero-order valence-electron chi connectivity index (χ0n) is 11.3. The van der Waals surface area contributed by atoms with Gasteiger partial charge in [0.15, 0.2) is 0 Å². The number of methoxy groups -OCH3 is 1. The van der Waals surface area contributed by atoms with Crippen molar-refractivity contribution >= 4 is 0 Å². The molecule has 1 unspecified atom stereocenters. The van der Waals surface area contributed by atoms with Crippen LogP contribution in [0, 0.1) is 0 Å². The quantitative estimate of drug-likeness (QED) is 0.699. The minimum absolute atomic E-state index is 0.102. The number of rotatable bonds is 8. The van der Waals surface area contributed by atoms with Crippen LogP contribution in [0.1, 0.15) is 32.3 Å². The summed E-state index contributed by atoms with van der Waals surface area (Å²) in [6, 6.07) is 10.7. The van der Waals surface area contributed by atoms with Gasteiger partial charge in [0.05, 0.1) is 6.61 Å². The number of benzene rings is 1. The second kappa shape index (κ2) is 7.46. The highest BCUT2D eigenvalue weighted by Crippen LogP contribution is 2.27. The lowest BCUT2D eigenvalue weighted by Gasteiger charge is -2.33. The third-order valence-electron chi connectivity index (χ3n) is 3.37. The van der Waals surface area contributed by atoms with Gasteiger partial charge in [0.2, 0.25) is 0 Å². The van der Waals surface area contributed by atoms with E-state index in [1.807, 2.05) is 0 Å². The summed E-state index contributed by atoms with van der Waals surface area (Å²) in [6.07, 6.45) is 2.25. The van der Waals surface area contributed by atoms with Crippen LogP contribution >= 0.6 is 0 Å². The third-order valence-corrected chi connectivity index (χ3v) is 3.37. The van der Waals surface area contributed by atoms with Crippen LogP contribution in [0.4, 0.5) is 0 Å². The zero-order valence-corrected chi connectivity index (χ0v) is 11.3.